The third-order valence-corrected chi connectivity index (χ3v) is 7.61. The molecule has 2 saturated heterocycles. The van der Waals surface area contributed by atoms with E-state index in [1.54, 1.807) is 34.8 Å². The van der Waals surface area contributed by atoms with Crippen molar-refractivity contribution in [2.75, 3.05) is 44.2 Å². The van der Waals surface area contributed by atoms with Crippen LogP contribution in [-0.4, -0.2) is 72.3 Å². The van der Waals surface area contributed by atoms with E-state index in [4.69, 9.17) is 0 Å². The van der Waals surface area contributed by atoms with Crippen molar-refractivity contribution < 1.29 is 13.2 Å². The summed E-state index contributed by atoms with van der Waals surface area (Å²) in [5, 5.41) is 0. The predicted molar refractivity (Wildman–Crippen MR) is 110 cm³/mol. The Morgan fingerprint density at radius 3 is 2.17 bits per heavy atom. The summed E-state index contributed by atoms with van der Waals surface area (Å²) >= 11 is 0. The third kappa shape index (κ3) is 4.02. The molecule has 0 radical (unpaired) electrons. The number of sulfonamides is 1. The summed E-state index contributed by atoms with van der Waals surface area (Å²) in [5.74, 6) is 0.843. The normalized spacial score (nSPS) is 18.8. The van der Waals surface area contributed by atoms with E-state index in [1.807, 2.05) is 22.7 Å². The Hall–Kier alpha value is -2.39. The first kappa shape index (κ1) is 19.9. The zero-order valence-electron chi connectivity index (χ0n) is 16.7. The van der Waals surface area contributed by atoms with Crippen LogP contribution in [0.2, 0.25) is 0 Å². The van der Waals surface area contributed by atoms with Gasteiger partial charge in [0.2, 0.25) is 16.0 Å². The number of carbonyl (C=O) groups is 1. The Morgan fingerprint density at radius 2 is 1.59 bits per heavy atom. The van der Waals surface area contributed by atoms with Crippen LogP contribution in [0.3, 0.4) is 0 Å². The zero-order valence-corrected chi connectivity index (χ0v) is 17.5. The van der Waals surface area contributed by atoms with Crippen molar-refractivity contribution in [3.63, 3.8) is 0 Å². The van der Waals surface area contributed by atoms with E-state index >= 15 is 0 Å². The number of rotatable bonds is 4. The minimum atomic E-state index is -3.47. The number of benzene rings is 1. The molecule has 0 unspecified atom stereocenters. The lowest BCUT2D eigenvalue weighted by Crippen LogP contribution is -2.49. The molecule has 8 nitrogen and oxygen atoms in total. The Bertz CT molecular complexity index is 956. The van der Waals surface area contributed by atoms with Crippen LogP contribution in [0.4, 0.5) is 5.95 Å². The molecule has 0 atom stereocenters. The lowest BCUT2D eigenvalue weighted by atomic mass is 10.2. The van der Waals surface area contributed by atoms with Crippen molar-refractivity contribution in [2.24, 2.45) is 7.05 Å². The minimum absolute atomic E-state index is 0.0635. The molecule has 0 saturated carbocycles. The van der Waals surface area contributed by atoms with E-state index in [-0.39, 0.29) is 10.8 Å². The minimum Gasteiger partial charge on any atom is -0.339 e. The first-order valence-electron chi connectivity index (χ1n) is 10.1. The standard InChI is InChI=1S/C20H27N5O3S/c1-22-12-9-21-20(22)24-15-13-23(14-16-24)19(26)17-5-7-18(8-6-17)29(27,28)25-10-3-2-4-11-25/h5-9,12H,2-4,10-11,13-16H2,1H3. The second-order valence-corrected chi connectivity index (χ2v) is 9.54. The van der Waals surface area contributed by atoms with E-state index < -0.39 is 10.0 Å². The topological polar surface area (TPSA) is 78.8 Å². The average Bonchev–Trinajstić information content (AvgIpc) is 3.20. The van der Waals surface area contributed by atoms with Crippen LogP contribution < -0.4 is 4.90 Å². The van der Waals surface area contributed by atoms with Crippen molar-refractivity contribution in [1.82, 2.24) is 18.8 Å². The lowest BCUT2D eigenvalue weighted by Gasteiger charge is -2.35. The summed E-state index contributed by atoms with van der Waals surface area (Å²) in [6, 6.07) is 6.37. The van der Waals surface area contributed by atoms with E-state index in [0.29, 0.717) is 31.7 Å². The molecule has 1 aromatic carbocycles. The first-order valence-corrected chi connectivity index (χ1v) is 11.5. The monoisotopic (exact) mass is 417 g/mol. The van der Waals surface area contributed by atoms with Gasteiger partial charge < -0.3 is 14.4 Å². The van der Waals surface area contributed by atoms with Crippen LogP contribution in [0.15, 0.2) is 41.6 Å². The maximum absolute atomic E-state index is 12.8. The van der Waals surface area contributed by atoms with Gasteiger partial charge >= 0.3 is 0 Å². The fourth-order valence-electron chi connectivity index (χ4n) is 3.98. The molecule has 1 amide bonds. The first-order chi connectivity index (χ1) is 14.0. The molecular weight excluding hydrogens is 390 g/mol. The van der Waals surface area contributed by atoms with Crippen LogP contribution in [0, 0.1) is 0 Å². The fourth-order valence-corrected chi connectivity index (χ4v) is 5.50. The Labute approximate surface area is 171 Å². The molecule has 1 aromatic heterocycles. The second-order valence-electron chi connectivity index (χ2n) is 7.61. The van der Waals surface area contributed by atoms with Crippen molar-refractivity contribution in [1.29, 1.82) is 0 Å². The van der Waals surface area contributed by atoms with Crippen molar-refractivity contribution in [3.05, 3.63) is 42.2 Å². The SMILES string of the molecule is Cn1ccnc1N1CCN(C(=O)c2ccc(S(=O)(=O)N3CCCCC3)cc2)CC1. The van der Waals surface area contributed by atoms with E-state index in [0.717, 1.165) is 38.3 Å². The smallest absolute Gasteiger partial charge is 0.253 e. The number of amides is 1. The number of nitrogens with zero attached hydrogens (tertiary/aromatic N) is 5. The number of hydrogen-bond donors (Lipinski definition) is 0. The van der Waals surface area contributed by atoms with Gasteiger partial charge in [-0.05, 0) is 37.1 Å². The van der Waals surface area contributed by atoms with Gasteiger partial charge in [0.15, 0.2) is 0 Å². The molecule has 2 aliphatic heterocycles. The number of anilines is 1. The molecule has 0 aliphatic carbocycles. The number of piperidine rings is 1. The quantitative estimate of drug-likeness (QED) is 0.754. The largest absolute Gasteiger partial charge is 0.339 e. The summed E-state index contributed by atoms with van der Waals surface area (Å²) in [7, 11) is -1.52. The lowest BCUT2D eigenvalue weighted by molar-refractivity contribution is 0.0746. The Kier molecular flexibility index (Phi) is 5.60. The molecule has 0 bridgehead atoms. The summed E-state index contributed by atoms with van der Waals surface area (Å²) in [6.07, 6.45) is 6.56. The van der Waals surface area contributed by atoms with Crippen LogP contribution in [0.5, 0.6) is 0 Å². The molecule has 9 heteroatoms. The fraction of sp³-hybridized carbons (Fsp3) is 0.500. The molecule has 0 spiro atoms. The molecule has 3 heterocycles. The maximum Gasteiger partial charge on any atom is 0.253 e. The van der Waals surface area contributed by atoms with Gasteiger partial charge in [0.25, 0.3) is 5.91 Å². The molecule has 156 valence electrons. The highest BCUT2D eigenvalue weighted by molar-refractivity contribution is 7.89. The van der Waals surface area contributed by atoms with Crippen LogP contribution >= 0.6 is 0 Å². The van der Waals surface area contributed by atoms with E-state index in [1.165, 1.54) is 0 Å². The maximum atomic E-state index is 12.8. The van der Waals surface area contributed by atoms with Gasteiger partial charge in [0.1, 0.15) is 0 Å². The van der Waals surface area contributed by atoms with Gasteiger partial charge in [0, 0.05) is 64.3 Å². The van der Waals surface area contributed by atoms with Crippen LogP contribution in [-0.2, 0) is 17.1 Å². The van der Waals surface area contributed by atoms with Gasteiger partial charge in [0.05, 0.1) is 4.90 Å². The number of imidazole rings is 1. The Balaban J connectivity index is 1.40. The second kappa shape index (κ2) is 8.16. The number of hydrogen-bond acceptors (Lipinski definition) is 5. The average molecular weight is 418 g/mol. The van der Waals surface area contributed by atoms with Crippen molar-refractivity contribution >= 4 is 21.9 Å². The molecule has 0 N–H and O–H groups in total. The van der Waals surface area contributed by atoms with Gasteiger partial charge in [-0.2, -0.15) is 4.31 Å². The number of aryl methyl sites for hydroxylation is 1. The number of piperazine rings is 1. The molecular formula is C20H27N5O3S. The summed E-state index contributed by atoms with van der Waals surface area (Å²) in [6.45, 7) is 3.81. The van der Waals surface area contributed by atoms with Crippen molar-refractivity contribution in [2.45, 2.75) is 24.2 Å². The summed E-state index contributed by atoms with van der Waals surface area (Å²) in [4.78, 5) is 21.5. The molecule has 2 aliphatic rings. The van der Waals surface area contributed by atoms with Gasteiger partial charge in [-0.3, -0.25) is 4.79 Å². The molecule has 2 fully saturated rings. The van der Waals surface area contributed by atoms with E-state index in [9.17, 15) is 13.2 Å². The predicted octanol–water partition coefficient (Wildman–Crippen LogP) is 1.56. The molecule has 29 heavy (non-hydrogen) atoms. The van der Waals surface area contributed by atoms with Gasteiger partial charge in [-0.15, -0.1) is 0 Å². The van der Waals surface area contributed by atoms with Crippen LogP contribution in [0.1, 0.15) is 29.6 Å². The van der Waals surface area contributed by atoms with Gasteiger partial charge in [-0.25, -0.2) is 13.4 Å². The number of aromatic nitrogens is 2. The number of carbonyl (C=O) groups excluding carboxylic acids is 1. The zero-order chi connectivity index (χ0) is 20.4. The highest BCUT2D eigenvalue weighted by atomic mass is 32.2. The van der Waals surface area contributed by atoms with Crippen molar-refractivity contribution in [3.8, 4) is 0 Å². The molecule has 4 rings (SSSR count). The van der Waals surface area contributed by atoms with Gasteiger partial charge in [-0.1, -0.05) is 6.42 Å². The summed E-state index contributed by atoms with van der Waals surface area (Å²) in [5.41, 5.74) is 0.521. The third-order valence-electron chi connectivity index (χ3n) is 5.70. The highest BCUT2D eigenvalue weighted by Crippen LogP contribution is 2.22. The Morgan fingerprint density at radius 1 is 0.931 bits per heavy atom. The molecule has 2 aromatic rings. The van der Waals surface area contributed by atoms with E-state index in [2.05, 4.69) is 9.88 Å². The summed E-state index contributed by atoms with van der Waals surface area (Å²) < 4.78 is 29.0. The van der Waals surface area contributed by atoms with Crippen LogP contribution in [0.25, 0.3) is 0 Å². The highest BCUT2D eigenvalue weighted by Gasteiger charge is 2.27.